The van der Waals surface area contributed by atoms with Crippen molar-refractivity contribution in [2.45, 2.75) is 13.2 Å². The molecule has 3 rings (SSSR count). The van der Waals surface area contributed by atoms with Crippen LogP contribution in [0.5, 0.6) is 5.75 Å². The third-order valence-electron chi connectivity index (χ3n) is 5.04. The van der Waals surface area contributed by atoms with E-state index in [-0.39, 0.29) is 18.4 Å². The van der Waals surface area contributed by atoms with Crippen LogP contribution in [0.4, 0.5) is 0 Å². The van der Waals surface area contributed by atoms with Crippen LogP contribution in [-0.4, -0.2) is 61.5 Å². The topological polar surface area (TPSA) is 85.1 Å². The lowest BCUT2D eigenvalue weighted by Gasteiger charge is -2.34. The highest BCUT2D eigenvalue weighted by atomic mass is 16.5. The summed E-state index contributed by atoms with van der Waals surface area (Å²) in [5.41, 5.74) is 8.05. The summed E-state index contributed by atoms with van der Waals surface area (Å²) in [5, 5.41) is 0. The molecule has 154 valence electrons. The van der Waals surface area contributed by atoms with E-state index in [0.717, 1.165) is 36.5 Å². The molecule has 1 heterocycles. The van der Waals surface area contributed by atoms with Crippen LogP contribution < -0.4 is 10.5 Å². The van der Waals surface area contributed by atoms with Gasteiger partial charge in [-0.2, -0.15) is 0 Å². The molecule has 0 aromatic heterocycles. The number of nitrogens with two attached hydrogens (primary N) is 1. The van der Waals surface area contributed by atoms with Gasteiger partial charge in [-0.15, -0.1) is 0 Å². The monoisotopic (exact) mass is 397 g/mol. The van der Waals surface area contributed by atoms with Crippen LogP contribution in [0.2, 0.25) is 0 Å². The highest BCUT2D eigenvalue weighted by Gasteiger charge is 2.20. The second-order valence-electron chi connectivity index (χ2n) is 6.95. The standard InChI is InChI=1S/C22H27N3O4/c1-28-22(27)18-8-6-17(7-9-18)16-29-20-5-3-2-4-19(20)15-24-10-12-25(13-11-24)21(26)14-23/h2-9H,10-16,23H2,1H3. The van der Waals surface area contributed by atoms with Crippen LogP contribution in [0.25, 0.3) is 0 Å². The number of rotatable bonds is 7. The minimum Gasteiger partial charge on any atom is -0.489 e. The molecular formula is C22H27N3O4. The summed E-state index contributed by atoms with van der Waals surface area (Å²) >= 11 is 0. The lowest BCUT2D eigenvalue weighted by atomic mass is 10.1. The molecule has 1 saturated heterocycles. The first kappa shape index (κ1) is 20.8. The summed E-state index contributed by atoms with van der Waals surface area (Å²) in [5.74, 6) is 0.493. The zero-order chi connectivity index (χ0) is 20.6. The Balaban J connectivity index is 1.57. The molecule has 0 bridgehead atoms. The number of nitrogens with zero attached hydrogens (tertiary/aromatic N) is 2. The summed E-state index contributed by atoms with van der Waals surface area (Å²) < 4.78 is 10.8. The van der Waals surface area contributed by atoms with E-state index >= 15 is 0 Å². The number of piperazine rings is 1. The van der Waals surface area contributed by atoms with Crippen molar-refractivity contribution in [3.63, 3.8) is 0 Å². The fourth-order valence-electron chi connectivity index (χ4n) is 3.32. The number of ether oxygens (including phenoxy) is 2. The Morgan fingerprint density at radius 3 is 2.34 bits per heavy atom. The molecule has 1 amide bonds. The molecular weight excluding hydrogens is 370 g/mol. The molecule has 0 atom stereocenters. The van der Waals surface area contributed by atoms with Crippen molar-refractivity contribution in [1.29, 1.82) is 0 Å². The maximum Gasteiger partial charge on any atom is 0.337 e. The average Bonchev–Trinajstić information content (AvgIpc) is 2.78. The molecule has 0 spiro atoms. The van der Waals surface area contributed by atoms with E-state index in [1.807, 2.05) is 35.2 Å². The summed E-state index contributed by atoms with van der Waals surface area (Å²) in [7, 11) is 1.37. The third kappa shape index (κ3) is 5.56. The molecule has 1 aliphatic heterocycles. The zero-order valence-electron chi connectivity index (χ0n) is 16.7. The van der Waals surface area contributed by atoms with Crippen LogP contribution in [0, 0.1) is 0 Å². The van der Waals surface area contributed by atoms with Crippen LogP contribution >= 0.6 is 0 Å². The summed E-state index contributed by atoms with van der Waals surface area (Å²) in [4.78, 5) is 27.4. The van der Waals surface area contributed by atoms with Crippen molar-refractivity contribution in [1.82, 2.24) is 9.80 Å². The number of esters is 1. The SMILES string of the molecule is COC(=O)c1ccc(COc2ccccc2CN2CCN(C(=O)CN)CC2)cc1. The summed E-state index contributed by atoms with van der Waals surface area (Å²) in [6.45, 7) is 4.28. The normalized spacial score (nSPS) is 14.5. The second-order valence-corrected chi connectivity index (χ2v) is 6.95. The van der Waals surface area contributed by atoms with Crippen molar-refractivity contribution in [2.75, 3.05) is 39.8 Å². The number of benzene rings is 2. The van der Waals surface area contributed by atoms with Gasteiger partial charge in [0.2, 0.25) is 5.91 Å². The molecule has 7 nitrogen and oxygen atoms in total. The molecule has 0 radical (unpaired) electrons. The molecule has 0 aliphatic carbocycles. The van der Waals surface area contributed by atoms with Gasteiger partial charge in [-0.3, -0.25) is 9.69 Å². The van der Waals surface area contributed by atoms with E-state index in [4.69, 9.17) is 15.2 Å². The number of para-hydroxylation sites is 1. The van der Waals surface area contributed by atoms with Crippen LogP contribution in [-0.2, 0) is 22.7 Å². The van der Waals surface area contributed by atoms with E-state index in [0.29, 0.717) is 25.3 Å². The second kappa shape index (κ2) is 10.0. The van der Waals surface area contributed by atoms with Crippen molar-refractivity contribution in [2.24, 2.45) is 5.73 Å². The van der Waals surface area contributed by atoms with Crippen LogP contribution in [0.15, 0.2) is 48.5 Å². The lowest BCUT2D eigenvalue weighted by Crippen LogP contribution is -2.49. The number of carbonyl (C=O) groups is 2. The minimum absolute atomic E-state index is 0.00611. The molecule has 0 unspecified atom stereocenters. The summed E-state index contributed by atoms with van der Waals surface area (Å²) in [6.07, 6.45) is 0. The van der Waals surface area contributed by atoms with Gasteiger partial charge in [-0.05, 0) is 23.8 Å². The van der Waals surface area contributed by atoms with E-state index in [1.165, 1.54) is 7.11 Å². The molecule has 7 heteroatoms. The van der Waals surface area contributed by atoms with Gasteiger partial charge >= 0.3 is 5.97 Å². The quantitative estimate of drug-likeness (QED) is 0.715. The van der Waals surface area contributed by atoms with E-state index in [1.54, 1.807) is 12.1 Å². The number of carbonyl (C=O) groups excluding carboxylic acids is 2. The van der Waals surface area contributed by atoms with Gasteiger partial charge in [0.15, 0.2) is 0 Å². The highest BCUT2D eigenvalue weighted by molar-refractivity contribution is 5.89. The van der Waals surface area contributed by atoms with Gasteiger partial charge in [0.05, 0.1) is 19.2 Å². The maximum absolute atomic E-state index is 11.7. The molecule has 29 heavy (non-hydrogen) atoms. The fraction of sp³-hybridized carbons (Fsp3) is 0.364. The van der Waals surface area contributed by atoms with Gasteiger partial charge in [0, 0.05) is 38.3 Å². The first-order valence-corrected chi connectivity index (χ1v) is 9.69. The van der Waals surface area contributed by atoms with Gasteiger partial charge in [0.25, 0.3) is 0 Å². The first-order valence-electron chi connectivity index (χ1n) is 9.69. The molecule has 2 aromatic rings. The van der Waals surface area contributed by atoms with Crippen LogP contribution in [0.1, 0.15) is 21.5 Å². The number of methoxy groups -OCH3 is 1. The van der Waals surface area contributed by atoms with Crippen LogP contribution in [0.3, 0.4) is 0 Å². The smallest absolute Gasteiger partial charge is 0.337 e. The van der Waals surface area contributed by atoms with Gasteiger partial charge < -0.3 is 20.1 Å². The molecule has 2 aromatic carbocycles. The van der Waals surface area contributed by atoms with E-state index in [9.17, 15) is 9.59 Å². The predicted octanol–water partition coefficient (Wildman–Crippen LogP) is 1.66. The Hall–Kier alpha value is -2.90. The molecule has 1 aliphatic rings. The van der Waals surface area contributed by atoms with Crippen molar-refractivity contribution in [3.05, 3.63) is 65.2 Å². The van der Waals surface area contributed by atoms with Gasteiger partial charge in [-0.1, -0.05) is 30.3 Å². The Labute approximate surface area is 171 Å². The maximum atomic E-state index is 11.7. The Kier molecular flexibility index (Phi) is 7.21. The zero-order valence-corrected chi connectivity index (χ0v) is 16.7. The predicted molar refractivity (Wildman–Crippen MR) is 109 cm³/mol. The summed E-state index contributed by atoms with van der Waals surface area (Å²) in [6, 6.07) is 15.2. The van der Waals surface area contributed by atoms with Crippen molar-refractivity contribution < 1.29 is 19.1 Å². The lowest BCUT2D eigenvalue weighted by molar-refractivity contribution is -0.131. The molecule has 0 saturated carbocycles. The average molecular weight is 397 g/mol. The minimum atomic E-state index is -0.351. The largest absolute Gasteiger partial charge is 0.489 e. The fourth-order valence-corrected chi connectivity index (χ4v) is 3.32. The third-order valence-corrected chi connectivity index (χ3v) is 5.04. The van der Waals surface area contributed by atoms with Crippen molar-refractivity contribution >= 4 is 11.9 Å². The number of hydrogen-bond acceptors (Lipinski definition) is 6. The number of hydrogen-bond donors (Lipinski definition) is 1. The molecule has 1 fully saturated rings. The molecule has 2 N–H and O–H groups in total. The van der Waals surface area contributed by atoms with E-state index < -0.39 is 0 Å². The van der Waals surface area contributed by atoms with Crippen molar-refractivity contribution in [3.8, 4) is 5.75 Å². The Morgan fingerprint density at radius 1 is 1.00 bits per heavy atom. The first-order chi connectivity index (χ1) is 14.1. The van der Waals surface area contributed by atoms with Gasteiger partial charge in [0.1, 0.15) is 12.4 Å². The number of amides is 1. The van der Waals surface area contributed by atoms with Gasteiger partial charge in [-0.25, -0.2) is 4.79 Å². The highest BCUT2D eigenvalue weighted by Crippen LogP contribution is 2.22. The Bertz CT molecular complexity index is 830. The Morgan fingerprint density at radius 2 is 1.69 bits per heavy atom. The van der Waals surface area contributed by atoms with E-state index in [2.05, 4.69) is 11.0 Å².